The number of benzene rings is 2. The summed E-state index contributed by atoms with van der Waals surface area (Å²) >= 11 is 0. The molecule has 5 N–H and O–H groups in total. The van der Waals surface area contributed by atoms with Crippen LogP contribution in [0.1, 0.15) is 24.5 Å². The molecular formula is C24H27N5O2. The minimum Gasteiger partial charge on any atom is -0.385 e. The highest BCUT2D eigenvalue weighted by Gasteiger charge is 2.12. The van der Waals surface area contributed by atoms with Crippen molar-refractivity contribution in [1.82, 2.24) is 20.8 Å². The van der Waals surface area contributed by atoms with Crippen molar-refractivity contribution in [1.29, 1.82) is 0 Å². The van der Waals surface area contributed by atoms with Gasteiger partial charge in [0.15, 0.2) is 0 Å². The fourth-order valence-electron chi connectivity index (χ4n) is 3.44. The monoisotopic (exact) mass is 417 g/mol. The SMILES string of the molecule is C=C(NC1=CC(OCc2ccc3c(=O)[nH][nH]c3c2)NC=C1)c1ccccc1NCCC. The Hall–Kier alpha value is -3.71. The van der Waals surface area contributed by atoms with Crippen molar-refractivity contribution in [2.75, 3.05) is 11.9 Å². The summed E-state index contributed by atoms with van der Waals surface area (Å²) in [6.07, 6.45) is 6.55. The van der Waals surface area contributed by atoms with E-state index in [-0.39, 0.29) is 11.8 Å². The minimum atomic E-state index is -0.283. The molecule has 0 saturated heterocycles. The van der Waals surface area contributed by atoms with Crippen molar-refractivity contribution < 1.29 is 4.74 Å². The van der Waals surface area contributed by atoms with Gasteiger partial charge < -0.3 is 20.7 Å². The minimum absolute atomic E-state index is 0.119. The molecule has 1 aromatic heterocycles. The highest BCUT2D eigenvalue weighted by molar-refractivity contribution is 5.78. The van der Waals surface area contributed by atoms with Crippen molar-refractivity contribution in [3.8, 4) is 0 Å². The predicted octanol–water partition coefficient (Wildman–Crippen LogP) is 3.78. The molecule has 0 amide bonds. The second kappa shape index (κ2) is 9.40. The zero-order chi connectivity index (χ0) is 21.6. The quantitative estimate of drug-likeness (QED) is 0.365. The van der Waals surface area contributed by atoms with Crippen molar-refractivity contribution in [3.05, 3.63) is 94.6 Å². The maximum absolute atomic E-state index is 11.6. The van der Waals surface area contributed by atoms with E-state index in [1.807, 2.05) is 48.7 Å². The lowest BCUT2D eigenvalue weighted by molar-refractivity contribution is 0.0574. The molecule has 0 saturated carbocycles. The van der Waals surface area contributed by atoms with Gasteiger partial charge in [0.25, 0.3) is 5.56 Å². The largest absolute Gasteiger partial charge is 0.385 e. The van der Waals surface area contributed by atoms with Crippen molar-refractivity contribution in [3.63, 3.8) is 0 Å². The van der Waals surface area contributed by atoms with Crippen LogP contribution in [-0.4, -0.2) is 23.0 Å². The van der Waals surface area contributed by atoms with E-state index < -0.39 is 0 Å². The van der Waals surface area contributed by atoms with Gasteiger partial charge in [0.1, 0.15) is 6.23 Å². The van der Waals surface area contributed by atoms with E-state index in [9.17, 15) is 4.79 Å². The summed E-state index contributed by atoms with van der Waals surface area (Å²) in [6, 6.07) is 13.7. The summed E-state index contributed by atoms with van der Waals surface area (Å²) in [4.78, 5) is 11.6. The maximum atomic E-state index is 11.6. The van der Waals surface area contributed by atoms with Crippen molar-refractivity contribution in [2.24, 2.45) is 0 Å². The van der Waals surface area contributed by atoms with Crippen LogP contribution in [0.3, 0.4) is 0 Å². The standard InChI is InChI=1S/C24H27N5O2/c1-3-11-25-21-7-5-4-6-19(21)16(2)27-18-10-12-26-23(14-18)31-15-17-8-9-20-22(13-17)28-29-24(20)30/h4-10,12-14,23,25-27H,2-3,11,15H2,1H3,(H2,28,29,30). The number of para-hydroxylation sites is 1. The molecule has 0 fully saturated rings. The molecule has 0 spiro atoms. The zero-order valence-corrected chi connectivity index (χ0v) is 17.5. The molecule has 1 unspecified atom stereocenters. The molecule has 0 aliphatic carbocycles. The third kappa shape index (κ3) is 4.90. The highest BCUT2D eigenvalue weighted by atomic mass is 16.5. The first-order valence-corrected chi connectivity index (χ1v) is 10.4. The van der Waals surface area contributed by atoms with Gasteiger partial charge in [-0.05, 0) is 42.3 Å². The lowest BCUT2D eigenvalue weighted by Crippen LogP contribution is -2.30. The summed E-state index contributed by atoms with van der Waals surface area (Å²) in [7, 11) is 0. The Morgan fingerprint density at radius 3 is 2.94 bits per heavy atom. The first-order valence-electron chi connectivity index (χ1n) is 10.4. The van der Waals surface area contributed by atoms with Crippen LogP contribution in [-0.2, 0) is 11.3 Å². The third-order valence-corrected chi connectivity index (χ3v) is 5.04. The normalized spacial score (nSPS) is 15.4. The average Bonchev–Trinajstić information content (AvgIpc) is 3.17. The molecule has 160 valence electrons. The number of aromatic nitrogens is 2. The summed E-state index contributed by atoms with van der Waals surface area (Å²) < 4.78 is 6.00. The zero-order valence-electron chi connectivity index (χ0n) is 17.5. The molecular weight excluding hydrogens is 390 g/mol. The summed E-state index contributed by atoms with van der Waals surface area (Å²) in [5, 5.41) is 16.1. The molecule has 7 nitrogen and oxygen atoms in total. The van der Waals surface area contributed by atoms with Gasteiger partial charge in [0.05, 0.1) is 17.5 Å². The molecule has 0 radical (unpaired) electrons. The van der Waals surface area contributed by atoms with E-state index in [2.05, 4.69) is 45.7 Å². The predicted molar refractivity (Wildman–Crippen MR) is 125 cm³/mol. The van der Waals surface area contributed by atoms with Gasteiger partial charge in [-0.25, -0.2) is 0 Å². The number of hydrogen-bond acceptors (Lipinski definition) is 5. The van der Waals surface area contributed by atoms with Gasteiger partial charge in [0, 0.05) is 35.4 Å². The number of aromatic amines is 2. The Balaban J connectivity index is 1.39. The van der Waals surface area contributed by atoms with E-state index in [0.29, 0.717) is 12.0 Å². The molecule has 1 aliphatic heterocycles. The number of fused-ring (bicyclic) bond motifs is 1. The van der Waals surface area contributed by atoms with E-state index in [1.54, 1.807) is 6.07 Å². The second-order valence-corrected chi connectivity index (χ2v) is 7.39. The Bertz CT molecular complexity index is 1190. The lowest BCUT2D eigenvalue weighted by Gasteiger charge is -2.22. The number of allylic oxidation sites excluding steroid dienone is 1. The molecule has 0 bridgehead atoms. The van der Waals surface area contributed by atoms with Crippen molar-refractivity contribution in [2.45, 2.75) is 26.2 Å². The van der Waals surface area contributed by atoms with Gasteiger partial charge in [-0.15, -0.1) is 0 Å². The van der Waals surface area contributed by atoms with Gasteiger partial charge in [-0.1, -0.05) is 37.8 Å². The van der Waals surface area contributed by atoms with Crippen LogP contribution in [0, 0.1) is 0 Å². The van der Waals surface area contributed by atoms with Crippen LogP contribution in [0.2, 0.25) is 0 Å². The lowest BCUT2D eigenvalue weighted by atomic mass is 10.1. The molecule has 1 atom stereocenters. The number of nitrogens with one attached hydrogen (secondary N) is 5. The number of ether oxygens (including phenoxy) is 1. The molecule has 2 aromatic carbocycles. The number of hydrogen-bond donors (Lipinski definition) is 5. The summed E-state index contributed by atoms with van der Waals surface area (Å²) in [6.45, 7) is 7.68. The number of anilines is 1. The molecule has 3 aromatic rings. The fourth-order valence-corrected chi connectivity index (χ4v) is 3.44. The Morgan fingerprint density at radius 2 is 2.06 bits per heavy atom. The van der Waals surface area contributed by atoms with Crippen LogP contribution in [0.4, 0.5) is 5.69 Å². The first-order chi connectivity index (χ1) is 15.1. The van der Waals surface area contributed by atoms with Crippen LogP contribution < -0.4 is 21.5 Å². The topological polar surface area (TPSA) is 94.0 Å². The smallest absolute Gasteiger partial charge is 0.271 e. The van der Waals surface area contributed by atoms with Gasteiger partial charge in [-0.3, -0.25) is 15.0 Å². The van der Waals surface area contributed by atoms with Gasteiger partial charge in [-0.2, -0.15) is 0 Å². The Labute approximate surface area is 180 Å². The molecule has 31 heavy (non-hydrogen) atoms. The average molecular weight is 418 g/mol. The Morgan fingerprint density at radius 1 is 1.19 bits per heavy atom. The molecule has 2 heterocycles. The molecule has 7 heteroatoms. The molecule has 4 rings (SSSR count). The van der Waals surface area contributed by atoms with E-state index in [1.165, 1.54) is 0 Å². The van der Waals surface area contributed by atoms with E-state index >= 15 is 0 Å². The maximum Gasteiger partial charge on any atom is 0.271 e. The van der Waals surface area contributed by atoms with Gasteiger partial charge in [0.2, 0.25) is 0 Å². The van der Waals surface area contributed by atoms with Crippen LogP contribution >= 0.6 is 0 Å². The van der Waals surface area contributed by atoms with Crippen molar-refractivity contribution >= 4 is 22.3 Å². The summed E-state index contributed by atoms with van der Waals surface area (Å²) in [5.74, 6) is 0. The first kappa shape index (κ1) is 20.6. The molecule has 1 aliphatic rings. The third-order valence-electron chi connectivity index (χ3n) is 5.04. The van der Waals surface area contributed by atoms with Crippen LogP contribution in [0.15, 0.2) is 77.9 Å². The summed E-state index contributed by atoms with van der Waals surface area (Å²) in [5.41, 5.74) is 5.45. The number of dihydropyridines is 1. The van der Waals surface area contributed by atoms with E-state index in [0.717, 1.165) is 46.7 Å². The van der Waals surface area contributed by atoms with Gasteiger partial charge >= 0.3 is 0 Å². The fraction of sp³-hybridized carbons (Fsp3) is 0.208. The van der Waals surface area contributed by atoms with E-state index in [4.69, 9.17) is 4.74 Å². The Kier molecular flexibility index (Phi) is 6.24. The second-order valence-electron chi connectivity index (χ2n) is 7.39. The number of rotatable bonds is 9. The number of H-pyrrole nitrogens is 2. The van der Waals surface area contributed by atoms with Crippen LogP contribution in [0.5, 0.6) is 0 Å². The highest BCUT2D eigenvalue weighted by Crippen LogP contribution is 2.22. The van der Waals surface area contributed by atoms with Crippen LogP contribution in [0.25, 0.3) is 16.6 Å².